The number of nitro groups is 1. The second-order valence-electron chi connectivity index (χ2n) is 7.24. The quantitative estimate of drug-likeness (QED) is 0.253. The highest BCUT2D eigenvalue weighted by Crippen LogP contribution is 2.27. The van der Waals surface area contributed by atoms with Crippen molar-refractivity contribution >= 4 is 33.3 Å². The SMILES string of the molecule is Cc1ccc(Cn2cc(Br)c(NC(=O)c3ccc(COc4ccccc4[N+](=O)[O-])o3)n2)cc1. The third kappa shape index (κ3) is 5.47. The molecule has 2 aromatic carbocycles. The zero-order valence-electron chi connectivity index (χ0n) is 17.5. The Morgan fingerprint density at radius 2 is 1.94 bits per heavy atom. The molecule has 0 unspecified atom stereocenters. The van der Waals surface area contributed by atoms with Crippen LogP contribution in [0.15, 0.2) is 75.8 Å². The van der Waals surface area contributed by atoms with Crippen LogP contribution < -0.4 is 10.1 Å². The van der Waals surface area contributed by atoms with Crippen molar-refractivity contribution in [3.8, 4) is 5.75 Å². The first-order chi connectivity index (χ1) is 15.9. The first kappa shape index (κ1) is 22.3. The molecule has 2 aromatic heterocycles. The molecule has 0 atom stereocenters. The number of nitrogens with zero attached hydrogens (tertiary/aromatic N) is 3. The standard InChI is InChI=1S/C23H19BrN4O5/c1-15-6-8-16(9-7-15)12-27-13-18(24)22(26-27)25-23(29)21-11-10-17(33-21)14-32-20-5-3-2-4-19(20)28(30)31/h2-11,13H,12,14H2,1H3,(H,25,26,29). The number of aryl methyl sites for hydroxylation is 1. The Kier molecular flexibility index (Phi) is 6.55. The van der Waals surface area contributed by atoms with Crippen molar-refractivity contribution in [2.45, 2.75) is 20.1 Å². The van der Waals surface area contributed by atoms with Crippen molar-refractivity contribution in [3.63, 3.8) is 0 Å². The Morgan fingerprint density at radius 1 is 1.18 bits per heavy atom. The molecule has 4 aromatic rings. The average molecular weight is 511 g/mol. The number of carbonyl (C=O) groups is 1. The van der Waals surface area contributed by atoms with Gasteiger partial charge in [0, 0.05) is 12.3 Å². The van der Waals surface area contributed by atoms with E-state index in [4.69, 9.17) is 9.15 Å². The summed E-state index contributed by atoms with van der Waals surface area (Å²) in [5.74, 6) is 0.417. The summed E-state index contributed by atoms with van der Waals surface area (Å²) in [5.41, 5.74) is 2.12. The summed E-state index contributed by atoms with van der Waals surface area (Å²) in [6.45, 7) is 2.52. The summed E-state index contributed by atoms with van der Waals surface area (Å²) < 4.78 is 13.4. The van der Waals surface area contributed by atoms with E-state index >= 15 is 0 Å². The van der Waals surface area contributed by atoms with Crippen LogP contribution in [0.4, 0.5) is 11.5 Å². The third-order valence-corrected chi connectivity index (χ3v) is 5.31. The van der Waals surface area contributed by atoms with Crippen molar-refractivity contribution in [3.05, 3.63) is 104 Å². The summed E-state index contributed by atoms with van der Waals surface area (Å²) in [5, 5.41) is 18.2. The largest absolute Gasteiger partial charge is 0.479 e. The fraction of sp³-hybridized carbons (Fsp3) is 0.130. The molecule has 9 nitrogen and oxygen atoms in total. The van der Waals surface area contributed by atoms with E-state index in [0.717, 1.165) is 5.56 Å². The lowest BCUT2D eigenvalue weighted by atomic mass is 10.1. The number of ether oxygens (including phenoxy) is 1. The Labute approximate surface area is 197 Å². The van der Waals surface area contributed by atoms with Gasteiger partial charge in [0.1, 0.15) is 12.4 Å². The van der Waals surface area contributed by atoms with Crippen molar-refractivity contribution < 1.29 is 18.9 Å². The van der Waals surface area contributed by atoms with Crippen LogP contribution in [-0.4, -0.2) is 20.6 Å². The molecule has 2 heterocycles. The van der Waals surface area contributed by atoms with Crippen LogP contribution in [-0.2, 0) is 13.2 Å². The van der Waals surface area contributed by atoms with Gasteiger partial charge in [0.05, 0.1) is 15.9 Å². The molecule has 0 bridgehead atoms. The molecule has 0 saturated heterocycles. The van der Waals surface area contributed by atoms with Crippen LogP contribution in [0.1, 0.15) is 27.4 Å². The number of aromatic nitrogens is 2. The number of rotatable bonds is 8. The molecule has 33 heavy (non-hydrogen) atoms. The van der Waals surface area contributed by atoms with Gasteiger partial charge in [-0.05, 0) is 46.6 Å². The van der Waals surface area contributed by atoms with Crippen LogP contribution in [0.5, 0.6) is 5.75 Å². The lowest BCUT2D eigenvalue weighted by Gasteiger charge is -2.04. The molecular weight excluding hydrogens is 492 g/mol. The topological polar surface area (TPSA) is 112 Å². The van der Waals surface area contributed by atoms with Crippen molar-refractivity contribution in [1.82, 2.24) is 9.78 Å². The third-order valence-electron chi connectivity index (χ3n) is 4.73. The molecule has 10 heteroatoms. The van der Waals surface area contributed by atoms with Crippen molar-refractivity contribution in [2.75, 3.05) is 5.32 Å². The first-order valence-corrected chi connectivity index (χ1v) is 10.7. The van der Waals surface area contributed by atoms with Gasteiger partial charge in [0.15, 0.2) is 17.3 Å². The minimum atomic E-state index is -0.522. The molecule has 0 radical (unpaired) electrons. The fourth-order valence-corrected chi connectivity index (χ4v) is 3.48. The predicted octanol–water partition coefficient (Wildman–Crippen LogP) is 5.33. The maximum absolute atomic E-state index is 12.6. The smallest absolute Gasteiger partial charge is 0.310 e. The number of hydrogen-bond donors (Lipinski definition) is 1. The molecule has 0 spiro atoms. The molecule has 0 fully saturated rings. The van der Waals surface area contributed by atoms with Gasteiger partial charge in [0.25, 0.3) is 5.91 Å². The molecule has 0 saturated carbocycles. The van der Waals surface area contributed by atoms with Gasteiger partial charge in [-0.15, -0.1) is 0 Å². The van der Waals surface area contributed by atoms with Gasteiger partial charge in [-0.3, -0.25) is 19.6 Å². The minimum Gasteiger partial charge on any atom is -0.479 e. The van der Waals surface area contributed by atoms with Crippen LogP contribution in [0.3, 0.4) is 0 Å². The Balaban J connectivity index is 1.38. The summed E-state index contributed by atoms with van der Waals surface area (Å²) in [6, 6.07) is 17.2. The van der Waals surface area contributed by atoms with Crippen LogP contribution >= 0.6 is 15.9 Å². The maximum atomic E-state index is 12.6. The number of halogens is 1. The zero-order valence-corrected chi connectivity index (χ0v) is 19.1. The average Bonchev–Trinajstić information content (AvgIpc) is 3.40. The number of para-hydroxylation sites is 2. The lowest BCUT2D eigenvalue weighted by Crippen LogP contribution is -2.12. The van der Waals surface area contributed by atoms with E-state index in [1.165, 1.54) is 23.8 Å². The van der Waals surface area contributed by atoms with Gasteiger partial charge in [-0.1, -0.05) is 42.0 Å². The number of benzene rings is 2. The Bertz CT molecular complexity index is 1300. The molecule has 4 rings (SSSR count). The maximum Gasteiger partial charge on any atom is 0.310 e. The van der Waals surface area contributed by atoms with E-state index in [9.17, 15) is 14.9 Å². The monoisotopic (exact) mass is 510 g/mol. The molecule has 0 aliphatic rings. The van der Waals surface area contributed by atoms with E-state index in [1.807, 2.05) is 31.2 Å². The number of furan rings is 1. The molecule has 0 aliphatic carbocycles. The number of anilines is 1. The highest BCUT2D eigenvalue weighted by Gasteiger charge is 2.17. The summed E-state index contributed by atoms with van der Waals surface area (Å²) in [6.07, 6.45) is 1.78. The van der Waals surface area contributed by atoms with Crippen LogP contribution in [0.2, 0.25) is 0 Å². The first-order valence-electron chi connectivity index (χ1n) is 9.94. The van der Waals surface area contributed by atoms with Gasteiger partial charge in [-0.25, -0.2) is 0 Å². The highest BCUT2D eigenvalue weighted by atomic mass is 79.9. The van der Waals surface area contributed by atoms with E-state index in [0.29, 0.717) is 22.6 Å². The van der Waals surface area contributed by atoms with Crippen molar-refractivity contribution in [2.24, 2.45) is 0 Å². The predicted molar refractivity (Wildman–Crippen MR) is 124 cm³/mol. The number of hydrogen-bond acceptors (Lipinski definition) is 6. The van der Waals surface area contributed by atoms with Gasteiger partial charge in [0.2, 0.25) is 0 Å². The molecule has 0 aliphatic heterocycles. The number of nitrogens with one attached hydrogen (secondary N) is 1. The van der Waals surface area contributed by atoms with Gasteiger partial charge in [-0.2, -0.15) is 5.10 Å². The van der Waals surface area contributed by atoms with E-state index in [2.05, 4.69) is 26.3 Å². The Morgan fingerprint density at radius 3 is 2.70 bits per heavy atom. The summed E-state index contributed by atoms with van der Waals surface area (Å²) >= 11 is 3.41. The van der Waals surface area contributed by atoms with Crippen LogP contribution in [0.25, 0.3) is 0 Å². The summed E-state index contributed by atoms with van der Waals surface area (Å²) in [7, 11) is 0. The van der Waals surface area contributed by atoms with Crippen molar-refractivity contribution in [1.29, 1.82) is 0 Å². The number of amides is 1. The summed E-state index contributed by atoms with van der Waals surface area (Å²) in [4.78, 5) is 23.2. The van der Waals surface area contributed by atoms with Gasteiger partial charge < -0.3 is 14.5 Å². The molecule has 1 amide bonds. The second-order valence-corrected chi connectivity index (χ2v) is 8.10. The zero-order chi connectivity index (χ0) is 23.4. The Hall–Kier alpha value is -3.92. The molecule has 168 valence electrons. The van der Waals surface area contributed by atoms with E-state index in [1.54, 1.807) is 29.1 Å². The highest BCUT2D eigenvalue weighted by molar-refractivity contribution is 9.10. The van der Waals surface area contributed by atoms with E-state index in [-0.39, 0.29) is 23.8 Å². The number of carbonyl (C=O) groups excluding carboxylic acids is 1. The fourth-order valence-electron chi connectivity index (χ4n) is 3.07. The number of nitro benzene ring substituents is 1. The second kappa shape index (κ2) is 9.70. The molecule has 1 N–H and O–H groups in total. The van der Waals surface area contributed by atoms with Gasteiger partial charge >= 0.3 is 5.69 Å². The van der Waals surface area contributed by atoms with E-state index < -0.39 is 10.8 Å². The normalized spacial score (nSPS) is 10.7. The van der Waals surface area contributed by atoms with Crippen LogP contribution in [0, 0.1) is 17.0 Å². The minimum absolute atomic E-state index is 0.0625. The lowest BCUT2D eigenvalue weighted by molar-refractivity contribution is -0.386. The molecular formula is C23H19BrN4O5.